The topological polar surface area (TPSA) is 41.1 Å². The summed E-state index contributed by atoms with van der Waals surface area (Å²) in [5.41, 5.74) is 4.74. The first kappa shape index (κ1) is 19.2. The summed E-state index contributed by atoms with van der Waals surface area (Å²) in [6, 6.07) is 17.3. The lowest BCUT2D eigenvalue weighted by atomic mass is 9.93. The van der Waals surface area contributed by atoms with E-state index < -0.39 is 0 Å². The summed E-state index contributed by atoms with van der Waals surface area (Å²) in [6.07, 6.45) is 0. The molecule has 2 aromatic carbocycles. The molecule has 0 saturated heterocycles. The van der Waals surface area contributed by atoms with Gasteiger partial charge in [-0.05, 0) is 40.7 Å². The number of carbonyl (C=O) groups excluding carboxylic acids is 1. The van der Waals surface area contributed by atoms with Gasteiger partial charge in [-0.2, -0.15) is 0 Å². The molecule has 0 aromatic heterocycles. The van der Waals surface area contributed by atoms with Gasteiger partial charge < -0.3 is 10.6 Å². The molecule has 0 heterocycles. The third-order valence-electron chi connectivity index (χ3n) is 4.43. The standard InChI is InChI=1S/C22H30N2O/c1-15(2)19-8-10-20(11-9-19)22(16(3)4)23-14-18-6-12-21(13-7-18)24-17(5)25/h6-13,15-16,22-23H,14H2,1-5H3,(H,24,25). The second-order valence-electron chi connectivity index (χ2n) is 7.30. The summed E-state index contributed by atoms with van der Waals surface area (Å²) in [7, 11) is 0. The van der Waals surface area contributed by atoms with Crippen LogP contribution in [0.3, 0.4) is 0 Å². The van der Waals surface area contributed by atoms with Crippen molar-refractivity contribution < 1.29 is 4.79 Å². The fraction of sp³-hybridized carbons (Fsp3) is 0.409. The lowest BCUT2D eigenvalue weighted by molar-refractivity contribution is -0.114. The Balaban J connectivity index is 2.03. The highest BCUT2D eigenvalue weighted by Gasteiger charge is 2.15. The lowest BCUT2D eigenvalue weighted by Gasteiger charge is -2.24. The van der Waals surface area contributed by atoms with Gasteiger partial charge in [0.15, 0.2) is 0 Å². The number of nitrogens with one attached hydrogen (secondary N) is 2. The normalized spacial score (nSPS) is 12.4. The number of rotatable bonds is 7. The zero-order valence-corrected chi connectivity index (χ0v) is 16.0. The van der Waals surface area contributed by atoms with Crippen molar-refractivity contribution in [2.75, 3.05) is 5.32 Å². The first-order valence-electron chi connectivity index (χ1n) is 9.06. The van der Waals surface area contributed by atoms with Crippen molar-refractivity contribution in [1.82, 2.24) is 5.32 Å². The smallest absolute Gasteiger partial charge is 0.221 e. The summed E-state index contributed by atoms with van der Waals surface area (Å²) in [5.74, 6) is 1.01. The van der Waals surface area contributed by atoms with E-state index in [2.05, 4.69) is 74.7 Å². The van der Waals surface area contributed by atoms with Crippen molar-refractivity contribution >= 4 is 11.6 Å². The van der Waals surface area contributed by atoms with Crippen molar-refractivity contribution in [3.63, 3.8) is 0 Å². The highest BCUT2D eigenvalue weighted by atomic mass is 16.1. The van der Waals surface area contributed by atoms with Crippen molar-refractivity contribution in [3.8, 4) is 0 Å². The van der Waals surface area contributed by atoms with E-state index in [1.807, 2.05) is 12.1 Å². The molecule has 25 heavy (non-hydrogen) atoms. The maximum absolute atomic E-state index is 11.1. The van der Waals surface area contributed by atoms with Gasteiger partial charge in [-0.1, -0.05) is 64.1 Å². The molecule has 2 rings (SSSR count). The van der Waals surface area contributed by atoms with Crippen molar-refractivity contribution in [1.29, 1.82) is 0 Å². The second-order valence-corrected chi connectivity index (χ2v) is 7.30. The molecule has 0 spiro atoms. The molecule has 2 N–H and O–H groups in total. The Morgan fingerprint density at radius 3 is 1.92 bits per heavy atom. The van der Waals surface area contributed by atoms with Gasteiger partial charge in [0.2, 0.25) is 5.91 Å². The Bertz CT molecular complexity index is 672. The third-order valence-corrected chi connectivity index (χ3v) is 4.43. The Kier molecular flexibility index (Phi) is 6.77. The average Bonchev–Trinajstić information content (AvgIpc) is 2.56. The minimum Gasteiger partial charge on any atom is -0.326 e. The van der Waals surface area contributed by atoms with E-state index >= 15 is 0 Å². The summed E-state index contributed by atoms with van der Waals surface area (Å²) in [5, 5.41) is 6.47. The number of hydrogen-bond acceptors (Lipinski definition) is 2. The minimum atomic E-state index is -0.0457. The lowest BCUT2D eigenvalue weighted by Crippen LogP contribution is -2.25. The van der Waals surface area contributed by atoms with Crippen LogP contribution >= 0.6 is 0 Å². The molecular weight excluding hydrogens is 308 g/mol. The highest BCUT2D eigenvalue weighted by molar-refractivity contribution is 5.88. The molecule has 0 aliphatic heterocycles. The van der Waals surface area contributed by atoms with Gasteiger partial charge in [0.25, 0.3) is 0 Å². The van der Waals surface area contributed by atoms with Gasteiger partial charge in [-0.15, -0.1) is 0 Å². The van der Waals surface area contributed by atoms with Gasteiger partial charge in [0, 0.05) is 25.2 Å². The number of carbonyl (C=O) groups is 1. The molecule has 1 atom stereocenters. The van der Waals surface area contributed by atoms with E-state index in [1.165, 1.54) is 23.6 Å². The first-order chi connectivity index (χ1) is 11.9. The van der Waals surface area contributed by atoms with Crippen molar-refractivity contribution in [2.24, 2.45) is 5.92 Å². The van der Waals surface area contributed by atoms with Crippen LogP contribution in [0, 0.1) is 5.92 Å². The predicted octanol–water partition coefficient (Wildman–Crippen LogP) is 5.26. The van der Waals surface area contributed by atoms with Gasteiger partial charge in [0.1, 0.15) is 0 Å². The molecule has 1 amide bonds. The fourth-order valence-electron chi connectivity index (χ4n) is 2.96. The summed E-state index contributed by atoms with van der Waals surface area (Å²) in [4.78, 5) is 11.1. The molecule has 0 aliphatic rings. The number of hydrogen-bond donors (Lipinski definition) is 2. The average molecular weight is 338 g/mol. The quantitative estimate of drug-likeness (QED) is 0.723. The van der Waals surface area contributed by atoms with E-state index in [-0.39, 0.29) is 5.91 Å². The molecule has 3 heteroatoms. The summed E-state index contributed by atoms with van der Waals surface area (Å²) < 4.78 is 0. The molecule has 0 radical (unpaired) electrons. The van der Waals surface area contributed by atoms with E-state index in [1.54, 1.807) is 0 Å². The molecule has 0 saturated carbocycles. The Labute approximate surface area is 151 Å². The van der Waals surface area contributed by atoms with E-state index in [0.29, 0.717) is 17.9 Å². The van der Waals surface area contributed by atoms with Crippen molar-refractivity contribution in [2.45, 2.75) is 53.1 Å². The van der Waals surface area contributed by atoms with Crippen molar-refractivity contribution in [3.05, 3.63) is 65.2 Å². The Hall–Kier alpha value is -2.13. The van der Waals surface area contributed by atoms with E-state index in [9.17, 15) is 4.79 Å². The Morgan fingerprint density at radius 2 is 1.44 bits per heavy atom. The first-order valence-corrected chi connectivity index (χ1v) is 9.06. The zero-order valence-electron chi connectivity index (χ0n) is 16.0. The van der Waals surface area contributed by atoms with Crippen LogP contribution in [-0.4, -0.2) is 5.91 Å². The molecule has 1 unspecified atom stereocenters. The van der Waals surface area contributed by atoms with Crippen LogP contribution in [0.2, 0.25) is 0 Å². The molecule has 0 bridgehead atoms. The van der Waals surface area contributed by atoms with Crippen LogP contribution in [0.15, 0.2) is 48.5 Å². The molecular formula is C22H30N2O. The van der Waals surface area contributed by atoms with Gasteiger partial charge in [-0.3, -0.25) is 4.79 Å². The minimum absolute atomic E-state index is 0.0457. The van der Waals surface area contributed by atoms with Gasteiger partial charge in [-0.25, -0.2) is 0 Å². The number of benzene rings is 2. The number of anilines is 1. The third kappa shape index (κ3) is 5.71. The van der Waals surface area contributed by atoms with Gasteiger partial charge in [0.05, 0.1) is 0 Å². The fourth-order valence-corrected chi connectivity index (χ4v) is 2.96. The van der Waals surface area contributed by atoms with Crippen LogP contribution < -0.4 is 10.6 Å². The molecule has 0 aliphatic carbocycles. The monoisotopic (exact) mass is 338 g/mol. The molecule has 2 aromatic rings. The SMILES string of the molecule is CC(=O)Nc1ccc(CNC(c2ccc(C(C)C)cc2)C(C)C)cc1. The van der Waals surface area contributed by atoms with E-state index in [4.69, 9.17) is 0 Å². The van der Waals surface area contributed by atoms with Crippen LogP contribution in [-0.2, 0) is 11.3 Å². The van der Waals surface area contributed by atoms with Crippen LogP contribution in [0.4, 0.5) is 5.69 Å². The molecule has 134 valence electrons. The Morgan fingerprint density at radius 1 is 0.880 bits per heavy atom. The van der Waals surface area contributed by atoms with Crippen LogP contribution in [0.5, 0.6) is 0 Å². The van der Waals surface area contributed by atoms with Crippen LogP contribution in [0.25, 0.3) is 0 Å². The molecule has 3 nitrogen and oxygen atoms in total. The van der Waals surface area contributed by atoms with E-state index in [0.717, 1.165) is 12.2 Å². The zero-order chi connectivity index (χ0) is 18.4. The van der Waals surface area contributed by atoms with Gasteiger partial charge >= 0.3 is 0 Å². The predicted molar refractivity (Wildman–Crippen MR) is 106 cm³/mol. The summed E-state index contributed by atoms with van der Waals surface area (Å²) in [6.45, 7) is 11.2. The van der Waals surface area contributed by atoms with Crippen LogP contribution in [0.1, 0.15) is 63.3 Å². The number of amides is 1. The maximum atomic E-state index is 11.1. The largest absolute Gasteiger partial charge is 0.326 e. The maximum Gasteiger partial charge on any atom is 0.221 e. The second kappa shape index (κ2) is 8.82. The molecule has 0 fully saturated rings. The highest BCUT2D eigenvalue weighted by Crippen LogP contribution is 2.24. The summed E-state index contributed by atoms with van der Waals surface area (Å²) >= 11 is 0.